The van der Waals surface area contributed by atoms with E-state index >= 15 is 0 Å². The topological polar surface area (TPSA) is 44.5 Å². The molecule has 0 unspecified atom stereocenters. The van der Waals surface area contributed by atoms with Crippen molar-refractivity contribution in [1.29, 1.82) is 0 Å². The first kappa shape index (κ1) is 14.7. The first-order valence-corrected chi connectivity index (χ1v) is 5.12. The third kappa shape index (κ3) is 3.66. The van der Waals surface area contributed by atoms with Gasteiger partial charge in [0.25, 0.3) is 0 Å². The number of methoxy groups -OCH3 is 2. The first-order valence-electron chi connectivity index (χ1n) is 4.33. The van der Waals surface area contributed by atoms with E-state index in [1.54, 1.807) is 14.2 Å². The fourth-order valence-corrected chi connectivity index (χ4v) is 1.76. The Kier molecular flexibility index (Phi) is 6.96. The van der Waals surface area contributed by atoms with Crippen molar-refractivity contribution in [2.75, 3.05) is 20.8 Å². The molecule has 0 aliphatic heterocycles. The molecule has 1 aromatic carbocycles. The summed E-state index contributed by atoms with van der Waals surface area (Å²) < 4.78 is 11.3. The third-order valence-electron chi connectivity index (χ3n) is 1.97. The number of hydrogen-bond donors (Lipinski definition) is 1. The molecule has 3 nitrogen and oxygen atoms in total. The number of benzene rings is 1. The second-order valence-corrected chi connectivity index (χ2v) is 3.69. The van der Waals surface area contributed by atoms with Gasteiger partial charge in [0.1, 0.15) is 11.5 Å². The Balaban J connectivity index is 0.00000196. The second kappa shape index (κ2) is 7.09. The Labute approximate surface area is 109 Å². The van der Waals surface area contributed by atoms with Crippen LogP contribution in [0.5, 0.6) is 11.5 Å². The molecule has 0 aliphatic carbocycles. The molecule has 86 valence electrons. The van der Waals surface area contributed by atoms with Crippen LogP contribution in [0.4, 0.5) is 0 Å². The molecular formula is C10H15Br2NO2. The highest BCUT2D eigenvalue weighted by atomic mass is 79.9. The predicted molar refractivity (Wildman–Crippen MR) is 70.3 cm³/mol. The van der Waals surface area contributed by atoms with Crippen molar-refractivity contribution in [3.05, 3.63) is 22.2 Å². The van der Waals surface area contributed by atoms with Crippen LogP contribution >= 0.6 is 32.9 Å². The normalized spacial score (nSPS) is 9.33. The zero-order chi connectivity index (χ0) is 10.6. The molecular weight excluding hydrogens is 326 g/mol. The summed E-state index contributed by atoms with van der Waals surface area (Å²) in [4.78, 5) is 0. The molecule has 1 aromatic rings. The molecule has 1 rings (SSSR count). The zero-order valence-corrected chi connectivity index (χ0v) is 12.0. The van der Waals surface area contributed by atoms with Crippen LogP contribution in [0, 0.1) is 0 Å². The Bertz CT molecular complexity index is 319. The van der Waals surface area contributed by atoms with Crippen molar-refractivity contribution in [1.82, 2.24) is 0 Å². The van der Waals surface area contributed by atoms with E-state index in [4.69, 9.17) is 15.2 Å². The Morgan fingerprint density at radius 2 is 1.80 bits per heavy atom. The molecule has 5 heteroatoms. The van der Waals surface area contributed by atoms with E-state index in [1.807, 2.05) is 12.1 Å². The van der Waals surface area contributed by atoms with Gasteiger partial charge in [-0.1, -0.05) is 0 Å². The minimum Gasteiger partial charge on any atom is -0.496 e. The van der Waals surface area contributed by atoms with Crippen molar-refractivity contribution in [3.63, 3.8) is 0 Å². The van der Waals surface area contributed by atoms with Crippen LogP contribution in [-0.4, -0.2) is 20.8 Å². The molecule has 0 radical (unpaired) electrons. The van der Waals surface area contributed by atoms with Crippen LogP contribution in [0.15, 0.2) is 16.6 Å². The molecule has 0 amide bonds. The molecule has 0 aromatic heterocycles. The van der Waals surface area contributed by atoms with E-state index < -0.39 is 0 Å². The van der Waals surface area contributed by atoms with Crippen LogP contribution in [-0.2, 0) is 6.42 Å². The van der Waals surface area contributed by atoms with E-state index in [9.17, 15) is 0 Å². The summed E-state index contributed by atoms with van der Waals surface area (Å²) >= 11 is 3.40. The lowest BCUT2D eigenvalue weighted by Crippen LogP contribution is -2.04. The molecule has 0 bridgehead atoms. The molecule has 0 heterocycles. The van der Waals surface area contributed by atoms with E-state index in [1.165, 1.54) is 0 Å². The van der Waals surface area contributed by atoms with Gasteiger partial charge in [-0.3, -0.25) is 0 Å². The lowest BCUT2D eigenvalue weighted by atomic mass is 10.1. The summed E-state index contributed by atoms with van der Waals surface area (Å²) in [6.45, 7) is 0.598. The zero-order valence-electron chi connectivity index (χ0n) is 8.75. The van der Waals surface area contributed by atoms with E-state index in [0.29, 0.717) is 6.54 Å². The largest absolute Gasteiger partial charge is 0.496 e. The van der Waals surface area contributed by atoms with E-state index in [0.717, 1.165) is 28.0 Å². The van der Waals surface area contributed by atoms with Crippen molar-refractivity contribution in [2.24, 2.45) is 5.73 Å². The summed E-state index contributed by atoms with van der Waals surface area (Å²) in [6, 6.07) is 3.83. The van der Waals surface area contributed by atoms with Crippen LogP contribution in [0.3, 0.4) is 0 Å². The molecule has 2 N–H and O–H groups in total. The molecule has 0 fully saturated rings. The summed E-state index contributed by atoms with van der Waals surface area (Å²) in [5.74, 6) is 1.64. The standard InChI is InChI=1S/C10H14BrNO2.BrH/c1-13-9-6-8(11)10(14-2)5-7(9)3-4-12;/h5-6H,3-4,12H2,1-2H3;1H. The maximum absolute atomic E-state index is 5.51. The average molecular weight is 341 g/mol. The van der Waals surface area contributed by atoms with Gasteiger partial charge in [0.2, 0.25) is 0 Å². The predicted octanol–water partition coefficient (Wildman–Crippen LogP) is 2.55. The Hall–Kier alpha value is -0.260. The quantitative estimate of drug-likeness (QED) is 0.916. The van der Waals surface area contributed by atoms with Crippen molar-refractivity contribution in [2.45, 2.75) is 6.42 Å². The number of halogens is 2. The fourth-order valence-electron chi connectivity index (χ4n) is 1.27. The van der Waals surface area contributed by atoms with Gasteiger partial charge in [-0.15, -0.1) is 17.0 Å². The number of ether oxygens (including phenoxy) is 2. The van der Waals surface area contributed by atoms with Crippen LogP contribution in [0.2, 0.25) is 0 Å². The van der Waals surface area contributed by atoms with Crippen molar-refractivity contribution >= 4 is 32.9 Å². The monoisotopic (exact) mass is 339 g/mol. The van der Waals surface area contributed by atoms with Crippen LogP contribution < -0.4 is 15.2 Å². The molecule has 0 saturated heterocycles. The van der Waals surface area contributed by atoms with E-state index in [2.05, 4.69) is 15.9 Å². The van der Waals surface area contributed by atoms with Gasteiger partial charge < -0.3 is 15.2 Å². The third-order valence-corrected chi connectivity index (χ3v) is 2.59. The molecule has 0 aliphatic rings. The SMILES string of the molecule is Br.COc1cc(CCN)c(OC)cc1Br. The minimum atomic E-state index is 0. The van der Waals surface area contributed by atoms with Gasteiger partial charge in [0, 0.05) is 0 Å². The van der Waals surface area contributed by atoms with Gasteiger partial charge in [0.15, 0.2) is 0 Å². The summed E-state index contributed by atoms with van der Waals surface area (Å²) in [5.41, 5.74) is 6.57. The lowest BCUT2D eigenvalue weighted by Gasteiger charge is -2.11. The van der Waals surface area contributed by atoms with Gasteiger partial charge in [-0.2, -0.15) is 0 Å². The highest BCUT2D eigenvalue weighted by Gasteiger charge is 2.08. The first-order chi connectivity index (χ1) is 6.72. The van der Waals surface area contributed by atoms with E-state index in [-0.39, 0.29) is 17.0 Å². The lowest BCUT2D eigenvalue weighted by molar-refractivity contribution is 0.397. The van der Waals surface area contributed by atoms with Crippen molar-refractivity contribution < 1.29 is 9.47 Å². The van der Waals surface area contributed by atoms with Gasteiger partial charge >= 0.3 is 0 Å². The smallest absolute Gasteiger partial charge is 0.133 e. The molecule has 0 spiro atoms. The highest BCUT2D eigenvalue weighted by Crippen LogP contribution is 2.32. The van der Waals surface area contributed by atoms with Gasteiger partial charge in [0.05, 0.1) is 18.7 Å². The average Bonchev–Trinajstić information content (AvgIpc) is 2.20. The number of nitrogens with two attached hydrogens (primary N) is 1. The summed E-state index contributed by atoms with van der Waals surface area (Å²) in [5, 5.41) is 0. The highest BCUT2D eigenvalue weighted by molar-refractivity contribution is 9.10. The van der Waals surface area contributed by atoms with Crippen LogP contribution in [0.25, 0.3) is 0 Å². The maximum Gasteiger partial charge on any atom is 0.133 e. The minimum absolute atomic E-state index is 0. The molecule has 0 saturated carbocycles. The Morgan fingerprint density at radius 1 is 1.20 bits per heavy atom. The Morgan fingerprint density at radius 3 is 2.27 bits per heavy atom. The van der Waals surface area contributed by atoms with Crippen LogP contribution in [0.1, 0.15) is 5.56 Å². The molecule has 15 heavy (non-hydrogen) atoms. The fraction of sp³-hybridized carbons (Fsp3) is 0.400. The van der Waals surface area contributed by atoms with Gasteiger partial charge in [-0.05, 0) is 46.6 Å². The molecule has 0 atom stereocenters. The summed E-state index contributed by atoms with van der Waals surface area (Å²) in [7, 11) is 3.28. The van der Waals surface area contributed by atoms with Gasteiger partial charge in [-0.25, -0.2) is 0 Å². The second-order valence-electron chi connectivity index (χ2n) is 2.84. The maximum atomic E-state index is 5.51. The number of rotatable bonds is 4. The summed E-state index contributed by atoms with van der Waals surface area (Å²) in [6.07, 6.45) is 0.785. The van der Waals surface area contributed by atoms with Crippen molar-refractivity contribution in [3.8, 4) is 11.5 Å². The number of hydrogen-bond acceptors (Lipinski definition) is 3.